The van der Waals surface area contributed by atoms with Gasteiger partial charge in [-0.2, -0.15) is 0 Å². The molecule has 2 aromatic carbocycles. The van der Waals surface area contributed by atoms with Crippen LogP contribution in [0.4, 0.5) is 0 Å². The molecule has 21 heavy (non-hydrogen) atoms. The van der Waals surface area contributed by atoms with Crippen LogP contribution in [0.25, 0.3) is 0 Å². The number of hydrogen-bond acceptors (Lipinski definition) is 2. The van der Waals surface area contributed by atoms with Crippen molar-refractivity contribution in [2.45, 2.75) is 13.8 Å². The van der Waals surface area contributed by atoms with Crippen LogP contribution in [0.3, 0.4) is 0 Å². The van der Waals surface area contributed by atoms with Crippen LogP contribution in [0.5, 0.6) is 0 Å². The Balaban J connectivity index is 0.000000211. The van der Waals surface area contributed by atoms with Crippen molar-refractivity contribution in [3.05, 3.63) is 70.8 Å². The highest BCUT2D eigenvalue weighted by Gasteiger charge is 2.03. The summed E-state index contributed by atoms with van der Waals surface area (Å²) in [7, 11) is 1.63. The normalized spacial score (nSPS) is 9.29. The molecule has 0 saturated heterocycles. The van der Waals surface area contributed by atoms with Crippen LogP contribution in [0, 0.1) is 13.8 Å². The van der Waals surface area contributed by atoms with Gasteiger partial charge < -0.3 is 11.1 Å². The number of amides is 2. The van der Waals surface area contributed by atoms with Crippen LogP contribution in [-0.4, -0.2) is 18.9 Å². The molecule has 0 aliphatic carbocycles. The fourth-order valence-corrected chi connectivity index (χ4v) is 1.81. The second-order valence-corrected chi connectivity index (χ2v) is 4.57. The molecule has 0 unspecified atom stereocenters. The average molecular weight is 284 g/mol. The molecular formula is C17H20N2O2. The summed E-state index contributed by atoms with van der Waals surface area (Å²) in [6, 6.07) is 14.8. The topological polar surface area (TPSA) is 72.2 Å². The molecule has 110 valence electrons. The number of nitrogens with one attached hydrogen (secondary N) is 1. The van der Waals surface area contributed by atoms with Crippen molar-refractivity contribution >= 4 is 11.8 Å². The lowest BCUT2D eigenvalue weighted by Gasteiger charge is -2.01. The number of primary amides is 1. The predicted octanol–water partition coefficient (Wildman–Crippen LogP) is 2.45. The highest BCUT2D eigenvalue weighted by atomic mass is 16.1. The Morgan fingerprint density at radius 3 is 1.62 bits per heavy atom. The van der Waals surface area contributed by atoms with E-state index in [1.165, 1.54) is 0 Å². The molecule has 0 fully saturated rings. The van der Waals surface area contributed by atoms with E-state index in [9.17, 15) is 9.59 Å². The van der Waals surface area contributed by atoms with Crippen LogP contribution in [0.15, 0.2) is 48.5 Å². The highest BCUT2D eigenvalue weighted by molar-refractivity contribution is 5.95. The van der Waals surface area contributed by atoms with E-state index in [0.29, 0.717) is 5.56 Å². The standard InChI is InChI=1S/C9H11NO.C8H9NO/c1-7-5-3-4-6-8(7)9(11)10-2;1-6-4-2-3-5-7(6)8(9)10/h3-6H,1-2H3,(H,10,11);2-5H,1H3,(H2,9,10). The van der Waals surface area contributed by atoms with Gasteiger partial charge in [0.25, 0.3) is 5.91 Å². The van der Waals surface area contributed by atoms with Crippen LogP contribution in [-0.2, 0) is 0 Å². The zero-order valence-corrected chi connectivity index (χ0v) is 12.5. The zero-order valence-electron chi connectivity index (χ0n) is 12.5. The van der Waals surface area contributed by atoms with Gasteiger partial charge in [0.2, 0.25) is 5.91 Å². The first kappa shape index (κ1) is 16.4. The second kappa shape index (κ2) is 7.85. The summed E-state index contributed by atoms with van der Waals surface area (Å²) in [5.41, 5.74) is 8.35. The molecule has 4 heteroatoms. The molecule has 0 aromatic heterocycles. The number of carbonyl (C=O) groups excluding carboxylic acids is 2. The molecule has 0 radical (unpaired) electrons. The second-order valence-electron chi connectivity index (χ2n) is 4.57. The molecule has 2 aromatic rings. The predicted molar refractivity (Wildman–Crippen MR) is 84.3 cm³/mol. The SMILES string of the molecule is CNC(=O)c1ccccc1C.Cc1ccccc1C(N)=O. The maximum Gasteiger partial charge on any atom is 0.251 e. The Bertz CT molecular complexity index is 636. The van der Waals surface area contributed by atoms with E-state index in [4.69, 9.17) is 5.73 Å². The monoisotopic (exact) mass is 284 g/mol. The molecule has 0 atom stereocenters. The molecule has 0 saturated carbocycles. The summed E-state index contributed by atoms with van der Waals surface area (Å²) in [5.74, 6) is -0.388. The molecule has 4 nitrogen and oxygen atoms in total. The highest BCUT2D eigenvalue weighted by Crippen LogP contribution is 2.05. The summed E-state index contributed by atoms with van der Waals surface area (Å²) in [6.07, 6.45) is 0. The minimum atomic E-state index is -0.363. The van der Waals surface area contributed by atoms with Crippen LogP contribution in [0.2, 0.25) is 0 Å². The number of nitrogens with two attached hydrogens (primary N) is 1. The number of carbonyl (C=O) groups is 2. The van der Waals surface area contributed by atoms with Gasteiger partial charge in [-0.15, -0.1) is 0 Å². The van der Waals surface area contributed by atoms with E-state index in [1.54, 1.807) is 19.2 Å². The van der Waals surface area contributed by atoms with Crippen LogP contribution < -0.4 is 11.1 Å². The molecule has 0 aliphatic rings. The summed E-state index contributed by atoms with van der Waals surface area (Å²) >= 11 is 0. The Hall–Kier alpha value is -2.62. The van der Waals surface area contributed by atoms with E-state index in [0.717, 1.165) is 16.7 Å². The Labute approximate surface area is 125 Å². The third kappa shape index (κ3) is 4.76. The number of aryl methyl sites for hydroxylation is 2. The average Bonchev–Trinajstić information content (AvgIpc) is 2.48. The lowest BCUT2D eigenvalue weighted by Crippen LogP contribution is -2.18. The molecule has 0 spiro atoms. The summed E-state index contributed by atoms with van der Waals surface area (Å²) in [4.78, 5) is 21.8. The van der Waals surface area contributed by atoms with Gasteiger partial charge in [-0.1, -0.05) is 36.4 Å². The van der Waals surface area contributed by atoms with Gasteiger partial charge in [0, 0.05) is 18.2 Å². The summed E-state index contributed by atoms with van der Waals surface area (Å²) in [6.45, 7) is 3.78. The molecular weight excluding hydrogens is 264 g/mol. The van der Waals surface area contributed by atoms with Gasteiger partial charge in [0.05, 0.1) is 0 Å². The molecule has 2 amide bonds. The molecule has 3 N–H and O–H groups in total. The van der Waals surface area contributed by atoms with E-state index in [1.807, 2.05) is 50.2 Å². The van der Waals surface area contributed by atoms with Crippen molar-refractivity contribution in [2.24, 2.45) is 5.73 Å². The van der Waals surface area contributed by atoms with Gasteiger partial charge in [-0.05, 0) is 37.1 Å². The maximum atomic E-state index is 11.1. The third-order valence-corrected chi connectivity index (χ3v) is 3.03. The molecule has 0 heterocycles. The molecule has 0 bridgehead atoms. The van der Waals surface area contributed by atoms with E-state index >= 15 is 0 Å². The smallest absolute Gasteiger partial charge is 0.251 e. The quantitative estimate of drug-likeness (QED) is 0.889. The first-order valence-corrected chi connectivity index (χ1v) is 6.60. The van der Waals surface area contributed by atoms with E-state index in [-0.39, 0.29) is 11.8 Å². The van der Waals surface area contributed by atoms with Crippen molar-refractivity contribution in [1.82, 2.24) is 5.32 Å². The number of hydrogen-bond donors (Lipinski definition) is 2. The summed E-state index contributed by atoms with van der Waals surface area (Å²) in [5, 5.41) is 2.58. The van der Waals surface area contributed by atoms with Crippen molar-refractivity contribution in [2.75, 3.05) is 7.05 Å². The van der Waals surface area contributed by atoms with Crippen LogP contribution >= 0.6 is 0 Å². The van der Waals surface area contributed by atoms with Gasteiger partial charge in [-0.3, -0.25) is 9.59 Å². The fraction of sp³-hybridized carbons (Fsp3) is 0.176. The fourth-order valence-electron chi connectivity index (χ4n) is 1.81. The van der Waals surface area contributed by atoms with Gasteiger partial charge >= 0.3 is 0 Å². The Morgan fingerprint density at radius 2 is 1.29 bits per heavy atom. The number of rotatable bonds is 2. The first-order valence-electron chi connectivity index (χ1n) is 6.60. The third-order valence-electron chi connectivity index (χ3n) is 3.03. The van der Waals surface area contributed by atoms with Crippen molar-refractivity contribution < 1.29 is 9.59 Å². The van der Waals surface area contributed by atoms with Crippen molar-refractivity contribution in [1.29, 1.82) is 0 Å². The van der Waals surface area contributed by atoms with Crippen molar-refractivity contribution in [3.63, 3.8) is 0 Å². The Morgan fingerprint density at radius 1 is 0.857 bits per heavy atom. The van der Waals surface area contributed by atoms with E-state index < -0.39 is 0 Å². The van der Waals surface area contributed by atoms with Gasteiger partial charge in [-0.25, -0.2) is 0 Å². The van der Waals surface area contributed by atoms with Crippen molar-refractivity contribution in [3.8, 4) is 0 Å². The Kier molecular flexibility index (Phi) is 6.14. The largest absolute Gasteiger partial charge is 0.366 e. The van der Waals surface area contributed by atoms with Gasteiger partial charge in [0.1, 0.15) is 0 Å². The first-order chi connectivity index (χ1) is 9.97. The van der Waals surface area contributed by atoms with E-state index in [2.05, 4.69) is 5.32 Å². The summed E-state index contributed by atoms with van der Waals surface area (Å²) < 4.78 is 0. The molecule has 0 aliphatic heterocycles. The zero-order chi connectivity index (χ0) is 15.8. The number of benzene rings is 2. The minimum Gasteiger partial charge on any atom is -0.366 e. The minimum absolute atomic E-state index is 0.0249. The van der Waals surface area contributed by atoms with Crippen LogP contribution in [0.1, 0.15) is 31.8 Å². The molecule has 2 rings (SSSR count). The lowest BCUT2D eigenvalue weighted by molar-refractivity contribution is 0.0960. The maximum absolute atomic E-state index is 11.1. The van der Waals surface area contributed by atoms with Gasteiger partial charge in [0.15, 0.2) is 0 Å². The lowest BCUT2D eigenvalue weighted by atomic mass is 10.1.